The van der Waals surface area contributed by atoms with Crippen LogP contribution in [0.3, 0.4) is 0 Å². The first-order valence-electron chi connectivity index (χ1n) is 10.3. The molecule has 3 heterocycles. The number of fused-ring (bicyclic) bond motifs is 1. The van der Waals surface area contributed by atoms with Crippen LogP contribution in [-0.4, -0.2) is 21.7 Å². The number of hydrogen-bond acceptors (Lipinski definition) is 5. The predicted octanol–water partition coefficient (Wildman–Crippen LogP) is 3.41. The number of hydrogen-bond donors (Lipinski definition) is 0. The van der Waals surface area contributed by atoms with E-state index in [0.717, 1.165) is 22.5 Å². The van der Waals surface area contributed by atoms with Crippen molar-refractivity contribution in [1.29, 1.82) is 0 Å². The van der Waals surface area contributed by atoms with Crippen molar-refractivity contribution in [2.45, 2.75) is 33.7 Å². The molecule has 32 heavy (non-hydrogen) atoms. The number of halogens is 1. The average molecular weight is 470 g/mol. The molecule has 0 fully saturated rings. The van der Waals surface area contributed by atoms with Crippen molar-refractivity contribution in [2.24, 2.45) is 12.0 Å². The molecule has 1 atom stereocenters. The molecule has 0 N–H and O–H groups in total. The number of esters is 1. The van der Waals surface area contributed by atoms with Gasteiger partial charge < -0.3 is 9.30 Å². The smallest absolute Gasteiger partial charge is 0.338 e. The molecule has 0 saturated carbocycles. The molecule has 1 aliphatic heterocycles. The molecule has 0 spiro atoms. The van der Waals surface area contributed by atoms with Gasteiger partial charge in [0.25, 0.3) is 5.56 Å². The number of ether oxygens (including phenoxy) is 1. The highest BCUT2D eigenvalue weighted by molar-refractivity contribution is 7.07. The van der Waals surface area contributed by atoms with Crippen molar-refractivity contribution in [1.82, 2.24) is 9.13 Å². The van der Waals surface area contributed by atoms with E-state index in [9.17, 15) is 9.59 Å². The van der Waals surface area contributed by atoms with E-state index in [0.29, 0.717) is 25.6 Å². The van der Waals surface area contributed by atoms with E-state index in [1.165, 1.54) is 11.3 Å². The summed E-state index contributed by atoms with van der Waals surface area (Å²) in [5.74, 6) is -0.475. The number of thiazole rings is 1. The fraction of sp³-hybridized carbons (Fsp3) is 0.292. The van der Waals surface area contributed by atoms with Gasteiger partial charge in [0.1, 0.15) is 0 Å². The molecule has 1 aromatic carbocycles. The topological polar surface area (TPSA) is 65.6 Å². The third-order valence-corrected chi connectivity index (χ3v) is 7.04. The SMILES string of the molecule is CCOC(=O)C1=C(C)N=c2s/c(=C/c3cc(C)n(C)c3C)c(=O)n2[C@H]1c1ccc(Cl)cc1. The van der Waals surface area contributed by atoms with Gasteiger partial charge in [0.2, 0.25) is 0 Å². The van der Waals surface area contributed by atoms with E-state index in [4.69, 9.17) is 16.3 Å². The minimum Gasteiger partial charge on any atom is -0.463 e. The maximum Gasteiger partial charge on any atom is 0.338 e. The quantitative estimate of drug-likeness (QED) is 0.550. The molecule has 0 unspecified atom stereocenters. The van der Waals surface area contributed by atoms with Crippen LogP contribution in [-0.2, 0) is 16.6 Å². The zero-order valence-electron chi connectivity index (χ0n) is 18.6. The third kappa shape index (κ3) is 3.76. The van der Waals surface area contributed by atoms with Crippen LogP contribution in [0.25, 0.3) is 6.08 Å². The summed E-state index contributed by atoms with van der Waals surface area (Å²) in [5.41, 5.74) is 4.66. The Morgan fingerprint density at radius 3 is 2.53 bits per heavy atom. The van der Waals surface area contributed by atoms with Gasteiger partial charge in [-0.25, -0.2) is 9.79 Å². The number of benzene rings is 1. The summed E-state index contributed by atoms with van der Waals surface area (Å²) in [6.07, 6.45) is 1.90. The number of carbonyl (C=O) groups is 1. The lowest BCUT2D eigenvalue weighted by atomic mass is 9.96. The Bertz CT molecular complexity index is 1420. The average Bonchev–Trinajstić information content (AvgIpc) is 3.18. The highest BCUT2D eigenvalue weighted by atomic mass is 35.5. The van der Waals surface area contributed by atoms with E-state index in [1.807, 2.05) is 39.1 Å². The van der Waals surface area contributed by atoms with Gasteiger partial charge in [0.05, 0.1) is 28.5 Å². The molecule has 1 aliphatic rings. The van der Waals surface area contributed by atoms with E-state index >= 15 is 0 Å². The van der Waals surface area contributed by atoms with Crippen molar-refractivity contribution in [3.63, 3.8) is 0 Å². The number of aryl methyl sites for hydroxylation is 1. The highest BCUT2D eigenvalue weighted by Crippen LogP contribution is 2.31. The number of aromatic nitrogens is 2. The second kappa shape index (κ2) is 8.56. The Kier molecular flexibility index (Phi) is 5.97. The summed E-state index contributed by atoms with van der Waals surface area (Å²) in [6, 6.07) is 8.57. The minimum atomic E-state index is -0.636. The van der Waals surface area contributed by atoms with E-state index in [1.54, 1.807) is 30.5 Å². The molecule has 0 aliphatic carbocycles. The molecule has 166 valence electrons. The summed E-state index contributed by atoms with van der Waals surface area (Å²) in [5, 5.41) is 0.578. The fourth-order valence-electron chi connectivity index (χ4n) is 3.92. The molecule has 2 aromatic heterocycles. The van der Waals surface area contributed by atoms with Crippen molar-refractivity contribution < 1.29 is 9.53 Å². The number of nitrogens with zero attached hydrogens (tertiary/aromatic N) is 3. The van der Waals surface area contributed by atoms with Gasteiger partial charge in [-0.2, -0.15) is 0 Å². The van der Waals surface area contributed by atoms with Gasteiger partial charge in [-0.05, 0) is 63.1 Å². The minimum absolute atomic E-state index is 0.191. The second-order valence-corrected chi connectivity index (χ2v) is 9.18. The Labute approximate surface area is 194 Å². The molecule has 0 amide bonds. The van der Waals surface area contributed by atoms with Gasteiger partial charge >= 0.3 is 5.97 Å². The Morgan fingerprint density at radius 1 is 1.25 bits per heavy atom. The Hall–Kier alpha value is -2.90. The van der Waals surface area contributed by atoms with Crippen LogP contribution in [0.5, 0.6) is 0 Å². The number of rotatable bonds is 4. The van der Waals surface area contributed by atoms with Crippen LogP contribution >= 0.6 is 22.9 Å². The largest absolute Gasteiger partial charge is 0.463 e. The zero-order valence-corrected chi connectivity index (χ0v) is 20.2. The van der Waals surface area contributed by atoms with Gasteiger partial charge in [0, 0.05) is 23.5 Å². The summed E-state index contributed by atoms with van der Waals surface area (Å²) >= 11 is 7.41. The van der Waals surface area contributed by atoms with Crippen molar-refractivity contribution >= 4 is 35.0 Å². The molecule has 0 radical (unpaired) electrons. The van der Waals surface area contributed by atoms with E-state index in [-0.39, 0.29) is 12.2 Å². The van der Waals surface area contributed by atoms with Crippen LogP contribution in [0.1, 0.15) is 42.4 Å². The lowest BCUT2D eigenvalue weighted by Crippen LogP contribution is -2.39. The van der Waals surface area contributed by atoms with Crippen LogP contribution in [0.2, 0.25) is 5.02 Å². The zero-order chi connectivity index (χ0) is 23.2. The van der Waals surface area contributed by atoms with Gasteiger partial charge in [-0.1, -0.05) is 35.1 Å². The van der Waals surface area contributed by atoms with E-state index in [2.05, 4.69) is 15.6 Å². The maximum absolute atomic E-state index is 13.6. The van der Waals surface area contributed by atoms with E-state index < -0.39 is 12.0 Å². The molecule has 0 saturated heterocycles. The van der Waals surface area contributed by atoms with Crippen LogP contribution < -0.4 is 14.9 Å². The lowest BCUT2D eigenvalue weighted by Gasteiger charge is -2.24. The summed E-state index contributed by atoms with van der Waals surface area (Å²) in [6.45, 7) is 7.82. The van der Waals surface area contributed by atoms with Gasteiger partial charge in [-0.15, -0.1) is 0 Å². The molecule has 8 heteroatoms. The molecule has 0 bridgehead atoms. The maximum atomic E-state index is 13.6. The van der Waals surface area contributed by atoms with Crippen LogP contribution in [0, 0.1) is 13.8 Å². The molecular weight excluding hydrogens is 446 g/mol. The van der Waals surface area contributed by atoms with Crippen molar-refractivity contribution in [2.75, 3.05) is 6.61 Å². The van der Waals surface area contributed by atoms with Crippen molar-refractivity contribution in [3.8, 4) is 0 Å². The first-order valence-corrected chi connectivity index (χ1v) is 11.5. The fourth-order valence-corrected chi connectivity index (χ4v) is 5.09. The Balaban J connectivity index is 1.97. The molecule has 3 aromatic rings. The molecule has 6 nitrogen and oxygen atoms in total. The summed E-state index contributed by atoms with van der Waals surface area (Å²) in [7, 11) is 2.00. The Morgan fingerprint density at radius 2 is 1.94 bits per heavy atom. The highest BCUT2D eigenvalue weighted by Gasteiger charge is 2.33. The van der Waals surface area contributed by atoms with Crippen molar-refractivity contribution in [3.05, 3.63) is 88.8 Å². The molecule has 4 rings (SSSR count). The third-order valence-electron chi connectivity index (χ3n) is 5.80. The number of carbonyl (C=O) groups excluding carboxylic acids is 1. The monoisotopic (exact) mass is 469 g/mol. The summed E-state index contributed by atoms with van der Waals surface area (Å²) in [4.78, 5) is 31.6. The normalized spacial score (nSPS) is 16.2. The number of allylic oxidation sites excluding steroid dienone is 1. The van der Waals surface area contributed by atoms with Crippen LogP contribution in [0.15, 0.2) is 51.4 Å². The lowest BCUT2D eigenvalue weighted by molar-refractivity contribution is -0.139. The van der Waals surface area contributed by atoms with Gasteiger partial charge in [0.15, 0.2) is 4.80 Å². The van der Waals surface area contributed by atoms with Gasteiger partial charge in [-0.3, -0.25) is 9.36 Å². The standard InChI is InChI=1S/C24H24ClN3O3S/c1-6-31-23(30)20-14(3)26-24-28(21(20)16-7-9-18(25)10-8-16)22(29)19(32-24)12-17-11-13(2)27(5)15(17)4/h7-12,21H,6H2,1-5H3/b19-12+/t21-/m0/s1. The first kappa shape index (κ1) is 22.3. The second-order valence-electron chi connectivity index (χ2n) is 7.74. The predicted molar refractivity (Wildman–Crippen MR) is 127 cm³/mol. The summed E-state index contributed by atoms with van der Waals surface area (Å²) < 4.78 is 9.55. The molecular formula is C24H24ClN3O3S. The van der Waals surface area contributed by atoms with Crippen LogP contribution in [0.4, 0.5) is 0 Å². The first-order chi connectivity index (χ1) is 15.2.